The zero-order chi connectivity index (χ0) is 16.5. The topological polar surface area (TPSA) is 40.1 Å². The van der Waals surface area contributed by atoms with Crippen molar-refractivity contribution in [2.24, 2.45) is 16.8 Å². The maximum Gasteiger partial charge on any atom is 0.193 e. The molecule has 2 aliphatic rings. The van der Waals surface area contributed by atoms with Crippen molar-refractivity contribution in [3.8, 4) is 0 Å². The standard InChI is InChI=1S/C18H36N4O.HI/c1-4-19-18(22-11-8-17(14-22)15-23-3)20-12-16(2)13-21-9-6-5-7-10-21;/h16-17H,4-15H2,1-3H3,(H,19,20);1H. The summed E-state index contributed by atoms with van der Waals surface area (Å²) < 4.78 is 5.30. The fourth-order valence-electron chi connectivity index (χ4n) is 3.71. The Morgan fingerprint density at radius 1 is 1.25 bits per heavy atom. The van der Waals surface area contributed by atoms with E-state index in [-0.39, 0.29) is 24.0 Å². The largest absolute Gasteiger partial charge is 0.384 e. The number of methoxy groups -OCH3 is 1. The molecule has 0 aromatic carbocycles. The van der Waals surface area contributed by atoms with Crippen molar-refractivity contribution in [2.75, 3.05) is 59.5 Å². The highest BCUT2D eigenvalue weighted by molar-refractivity contribution is 14.0. The van der Waals surface area contributed by atoms with E-state index in [2.05, 4.69) is 29.0 Å². The number of aliphatic imine (C=N–C) groups is 1. The highest BCUT2D eigenvalue weighted by atomic mass is 127. The minimum atomic E-state index is 0. The Balaban J connectivity index is 0.00000288. The molecule has 24 heavy (non-hydrogen) atoms. The second-order valence-corrected chi connectivity index (χ2v) is 7.22. The summed E-state index contributed by atoms with van der Waals surface area (Å²) in [5, 5.41) is 3.47. The van der Waals surface area contributed by atoms with Crippen molar-refractivity contribution in [3.05, 3.63) is 0 Å². The number of ether oxygens (including phenoxy) is 1. The van der Waals surface area contributed by atoms with Gasteiger partial charge in [-0.25, -0.2) is 0 Å². The van der Waals surface area contributed by atoms with Gasteiger partial charge in [-0.05, 0) is 45.2 Å². The Kier molecular flexibility index (Phi) is 11.3. The summed E-state index contributed by atoms with van der Waals surface area (Å²) >= 11 is 0. The Morgan fingerprint density at radius 3 is 2.67 bits per heavy atom. The van der Waals surface area contributed by atoms with E-state index < -0.39 is 0 Å². The number of guanidine groups is 1. The van der Waals surface area contributed by atoms with Gasteiger partial charge in [0.25, 0.3) is 0 Å². The fourth-order valence-corrected chi connectivity index (χ4v) is 3.71. The van der Waals surface area contributed by atoms with Crippen LogP contribution in [0.1, 0.15) is 39.5 Å². The number of nitrogens with one attached hydrogen (secondary N) is 1. The zero-order valence-corrected chi connectivity index (χ0v) is 18.1. The van der Waals surface area contributed by atoms with Gasteiger partial charge in [0.15, 0.2) is 5.96 Å². The van der Waals surface area contributed by atoms with Gasteiger partial charge in [0.1, 0.15) is 0 Å². The summed E-state index contributed by atoms with van der Waals surface area (Å²) in [6.45, 7) is 13.1. The van der Waals surface area contributed by atoms with Gasteiger partial charge in [0.05, 0.1) is 6.61 Å². The second-order valence-electron chi connectivity index (χ2n) is 7.22. The molecule has 2 atom stereocenters. The quantitative estimate of drug-likeness (QED) is 0.367. The van der Waals surface area contributed by atoms with Gasteiger partial charge in [-0.15, -0.1) is 24.0 Å². The third-order valence-electron chi connectivity index (χ3n) is 4.89. The summed E-state index contributed by atoms with van der Waals surface area (Å²) in [5.41, 5.74) is 0. The molecule has 2 aliphatic heterocycles. The first-order chi connectivity index (χ1) is 11.2. The molecule has 142 valence electrons. The number of nitrogens with zero attached hydrogens (tertiary/aromatic N) is 3. The first kappa shape index (κ1) is 22.0. The first-order valence-corrected chi connectivity index (χ1v) is 9.47. The molecule has 0 saturated carbocycles. The molecular weight excluding hydrogens is 415 g/mol. The highest BCUT2D eigenvalue weighted by Gasteiger charge is 2.24. The van der Waals surface area contributed by atoms with Gasteiger partial charge >= 0.3 is 0 Å². The summed E-state index contributed by atoms with van der Waals surface area (Å²) in [6, 6.07) is 0. The molecule has 0 aromatic heterocycles. The van der Waals surface area contributed by atoms with Crippen LogP contribution in [0.2, 0.25) is 0 Å². The predicted molar refractivity (Wildman–Crippen MR) is 112 cm³/mol. The molecule has 0 radical (unpaired) electrons. The summed E-state index contributed by atoms with van der Waals surface area (Å²) in [6.07, 6.45) is 5.35. The Bertz CT molecular complexity index is 361. The van der Waals surface area contributed by atoms with Crippen LogP contribution in [0, 0.1) is 11.8 Å². The molecule has 0 bridgehead atoms. The fraction of sp³-hybridized carbons (Fsp3) is 0.944. The van der Waals surface area contributed by atoms with E-state index in [1.807, 2.05) is 0 Å². The molecule has 2 rings (SSSR count). The van der Waals surface area contributed by atoms with Crippen molar-refractivity contribution in [1.82, 2.24) is 15.1 Å². The van der Waals surface area contributed by atoms with E-state index in [4.69, 9.17) is 9.73 Å². The molecule has 2 unspecified atom stereocenters. The van der Waals surface area contributed by atoms with Crippen LogP contribution in [-0.4, -0.2) is 75.3 Å². The molecule has 5 nitrogen and oxygen atoms in total. The number of piperidine rings is 1. The highest BCUT2D eigenvalue weighted by Crippen LogP contribution is 2.17. The van der Waals surface area contributed by atoms with Crippen molar-refractivity contribution in [3.63, 3.8) is 0 Å². The molecule has 0 aromatic rings. The summed E-state index contributed by atoms with van der Waals surface area (Å²) in [4.78, 5) is 9.94. The lowest BCUT2D eigenvalue weighted by Gasteiger charge is -2.29. The predicted octanol–water partition coefficient (Wildman–Crippen LogP) is 2.66. The van der Waals surface area contributed by atoms with Gasteiger partial charge in [-0.1, -0.05) is 13.3 Å². The van der Waals surface area contributed by atoms with Gasteiger partial charge in [-0.2, -0.15) is 0 Å². The monoisotopic (exact) mass is 452 g/mol. The molecule has 2 fully saturated rings. The molecule has 2 saturated heterocycles. The Morgan fingerprint density at radius 2 is 2.00 bits per heavy atom. The number of likely N-dealkylation sites (tertiary alicyclic amines) is 2. The lowest BCUT2D eigenvalue weighted by molar-refractivity contribution is 0.157. The van der Waals surface area contributed by atoms with E-state index in [0.29, 0.717) is 11.8 Å². The average Bonchev–Trinajstić information content (AvgIpc) is 3.01. The lowest BCUT2D eigenvalue weighted by atomic mass is 10.1. The van der Waals surface area contributed by atoms with E-state index in [1.165, 1.54) is 45.3 Å². The number of hydrogen-bond donors (Lipinski definition) is 1. The SMILES string of the molecule is CCNC(=NCC(C)CN1CCCCC1)N1CCC(COC)C1.I. The van der Waals surface area contributed by atoms with Crippen LogP contribution in [0.5, 0.6) is 0 Å². The van der Waals surface area contributed by atoms with Crippen LogP contribution >= 0.6 is 24.0 Å². The minimum Gasteiger partial charge on any atom is -0.384 e. The minimum absolute atomic E-state index is 0. The van der Waals surface area contributed by atoms with Crippen LogP contribution in [-0.2, 0) is 4.74 Å². The molecule has 0 amide bonds. The lowest BCUT2D eigenvalue weighted by Crippen LogP contribution is -2.41. The van der Waals surface area contributed by atoms with E-state index in [9.17, 15) is 0 Å². The van der Waals surface area contributed by atoms with Crippen LogP contribution in [0.4, 0.5) is 0 Å². The smallest absolute Gasteiger partial charge is 0.193 e. The van der Waals surface area contributed by atoms with Gasteiger partial charge in [0, 0.05) is 45.8 Å². The van der Waals surface area contributed by atoms with E-state index >= 15 is 0 Å². The molecule has 0 aliphatic carbocycles. The van der Waals surface area contributed by atoms with Crippen molar-refractivity contribution < 1.29 is 4.74 Å². The Labute approximate surface area is 165 Å². The van der Waals surface area contributed by atoms with E-state index in [0.717, 1.165) is 38.7 Å². The van der Waals surface area contributed by atoms with Crippen LogP contribution < -0.4 is 5.32 Å². The maximum atomic E-state index is 5.30. The first-order valence-electron chi connectivity index (χ1n) is 9.47. The van der Waals surface area contributed by atoms with Crippen molar-refractivity contribution in [1.29, 1.82) is 0 Å². The van der Waals surface area contributed by atoms with Gasteiger partial charge in [-0.3, -0.25) is 4.99 Å². The van der Waals surface area contributed by atoms with Crippen molar-refractivity contribution >= 4 is 29.9 Å². The van der Waals surface area contributed by atoms with E-state index in [1.54, 1.807) is 7.11 Å². The molecule has 0 spiro atoms. The molecule has 2 heterocycles. The number of hydrogen-bond acceptors (Lipinski definition) is 3. The zero-order valence-electron chi connectivity index (χ0n) is 15.8. The third kappa shape index (κ3) is 7.44. The van der Waals surface area contributed by atoms with Crippen molar-refractivity contribution in [2.45, 2.75) is 39.5 Å². The molecule has 1 N–H and O–H groups in total. The van der Waals surface area contributed by atoms with Crippen LogP contribution in [0.15, 0.2) is 4.99 Å². The normalized spacial score (nSPS) is 23.9. The average molecular weight is 452 g/mol. The molecule has 6 heteroatoms. The van der Waals surface area contributed by atoms with Crippen LogP contribution in [0.3, 0.4) is 0 Å². The third-order valence-corrected chi connectivity index (χ3v) is 4.89. The summed E-state index contributed by atoms with van der Waals surface area (Å²) in [5.74, 6) is 2.37. The van der Waals surface area contributed by atoms with Gasteiger partial charge < -0.3 is 19.9 Å². The van der Waals surface area contributed by atoms with Crippen LogP contribution in [0.25, 0.3) is 0 Å². The number of rotatable bonds is 7. The van der Waals surface area contributed by atoms with Gasteiger partial charge in [0.2, 0.25) is 0 Å². The molecular formula is C18H37IN4O. The summed E-state index contributed by atoms with van der Waals surface area (Å²) in [7, 11) is 1.80. The number of halogens is 1. The Hall–Kier alpha value is -0.0800. The maximum absolute atomic E-state index is 5.30. The second kappa shape index (κ2) is 12.3.